The van der Waals surface area contributed by atoms with E-state index in [4.69, 9.17) is 4.74 Å². The Morgan fingerprint density at radius 1 is 1.29 bits per heavy atom. The Bertz CT molecular complexity index is 568. The van der Waals surface area contributed by atoms with Crippen molar-refractivity contribution in [3.05, 3.63) is 29.3 Å². The molecule has 0 bridgehead atoms. The first-order valence-corrected chi connectivity index (χ1v) is 8.41. The predicted octanol–water partition coefficient (Wildman–Crippen LogP) is 1.74. The van der Waals surface area contributed by atoms with Gasteiger partial charge in [-0.25, -0.2) is 0 Å². The summed E-state index contributed by atoms with van der Waals surface area (Å²) < 4.78 is 5.74. The molecule has 1 unspecified atom stereocenters. The van der Waals surface area contributed by atoms with Crippen molar-refractivity contribution in [2.75, 3.05) is 26.2 Å². The largest absolute Gasteiger partial charge is 0.491 e. The second-order valence-corrected chi connectivity index (χ2v) is 6.24. The lowest BCUT2D eigenvalue weighted by atomic mass is 10.0. The van der Waals surface area contributed by atoms with Gasteiger partial charge in [-0.15, -0.1) is 0 Å². The van der Waals surface area contributed by atoms with Gasteiger partial charge in [0.1, 0.15) is 18.4 Å². The number of amides is 1. The molecule has 1 aromatic rings. The van der Waals surface area contributed by atoms with Crippen LogP contribution in [0.3, 0.4) is 0 Å². The number of piperidine rings is 1. The fraction of sp³-hybridized carbons (Fsp3) is 0.556. The van der Waals surface area contributed by atoms with Gasteiger partial charge in [-0.1, -0.05) is 24.6 Å². The smallest absolute Gasteiger partial charge is 0.320 e. The zero-order valence-corrected chi connectivity index (χ0v) is 14.4. The molecular formula is C18H26N2O4. The fourth-order valence-electron chi connectivity index (χ4n) is 3.07. The minimum Gasteiger partial charge on any atom is -0.491 e. The maximum Gasteiger partial charge on any atom is 0.320 e. The Hall–Kier alpha value is -2.08. The summed E-state index contributed by atoms with van der Waals surface area (Å²) in [6, 6.07) is 5.42. The molecule has 132 valence electrons. The molecule has 24 heavy (non-hydrogen) atoms. The van der Waals surface area contributed by atoms with E-state index in [1.807, 2.05) is 32.0 Å². The van der Waals surface area contributed by atoms with Crippen LogP contribution < -0.4 is 10.1 Å². The van der Waals surface area contributed by atoms with E-state index in [0.717, 1.165) is 29.7 Å². The van der Waals surface area contributed by atoms with E-state index < -0.39 is 12.0 Å². The topological polar surface area (TPSA) is 78.9 Å². The molecule has 1 aliphatic heterocycles. The summed E-state index contributed by atoms with van der Waals surface area (Å²) in [5, 5.41) is 12.0. The minimum atomic E-state index is -0.846. The van der Waals surface area contributed by atoms with E-state index >= 15 is 0 Å². The molecule has 0 aliphatic carbocycles. The van der Waals surface area contributed by atoms with Crippen molar-refractivity contribution in [1.82, 2.24) is 10.2 Å². The summed E-state index contributed by atoms with van der Waals surface area (Å²) in [6.45, 7) is 5.55. The van der Waals surface area contributed by atoms with Crippen LogP contribution in [-0.4, -0.2) is 54.2 Å². The lowest BCUT2D eigenvalue weighted by Gasteiger charge is -2.32. The number of hydrogen-bond donors (Lipinski definition) is 2. The van der Waals surface area contributed by atoms with E-state index in [1.54, 1.807) is 4.90 Å². The van der Waals surface area contributed by atoms with Crippen LogP contribution in [0.2, 0.25) is 0 Å². The maximum atomic E-state index is 12.0. The lowest BCUT2D eigenvalue weighted by Crippen LogP contribution is -2.49. The Kier molecular flexibility index (Phi) is 6.61. The molecule has 0 aromatic heterocycles. The van der Waals surface area contributed by atoms with Gasteiger partial charge in [-0.05, 0) is 44.4 Å². The molecule has 1 atom stereocenters. The second-order valence-electron chi connectivity index (χ2n) is 6.24. The summed E-state index contributed by atoms with van der Waals surface area (Å²) in [5.74, 6) is -0.150. The van der Waals surface area contributed by atoms with Gasteiger partial charge in [0.05, 0.1) is 13.1 Å². The molecule has 1 heterocycles. The number of rotatable bonds is 7. The van der Waals surface area contributed by atoms with Crippen molar-refractivity contribution < 1.29 is 19.4 Å². The zero-order chi connectivity index (χ0) is 17.5. The Morgan fingerprint density at radius 3 is 2.67 bits per heavy atom. The predicted molar refractivity (Wildman–Crippen MR) is 91.3 cm³/mol. The summed E-state index contributed by atoms with van der Waals surface area (Å²) in [7, 11) is 0. The lowest BCUT2D eigenvalue weighted by molar-refractivity contribution is -0.145. The number of hydrogen-bond acceptors (Lipinski definition) is 4. The van der Waals surface area contributed by atoms with Crippen LogP contribution in [0.4, 0.5) is 0 Å². The number of nitrogens with zero attached hydrogens (tertiary/aromatic N) is 1. The van der Waals surface area contributed by atoms with E-state index in [9.17, 15) is 14.7 Å². The average molecular weight is 334 g/mol. The highest BCUT2D eigenvalue weighted by Crippen LogP contribution is 2.22. The van der Waals surface area contributed by atoms with Crippen LogP contribution in [0.15, 0.2) is 18.2 Å². The molecule has 1 fully saturated rings. The third-order valence-electron chi connectivity index (χ3n) is 4.32. The molecule has 2 rings (SSSR count). The quantitative estimate of drug-likeness (QED) is 0.743. The molecule has 0 spiro atoms. The van der Waals surface area contributed by atoms with Crippen LogP contribution in [0.25, 0.3) is 0 Å². The average Bonchev–Trinajstić information content (AvgIpc) is 2.54. The van der Waals surface area contributed by atoms with Crippen molar-refractivity contribution in [2.24, 2.45) is 0 Å². The number of aliphatic carboxylic acids is 1. The minimum absolute atomic E-state index is 0.125. The SMILES string of the molecule is Cc1cccc(C)c1OCCNC(=O)CN1CCCCC1C(=O)O. The van der Waals surface area contributed by atoms with Gasteiger partial charge in [0.2, 0.25) is 5.91 Å². The van der Waals surface area contributed by atoms with E-state index in [1.165, 1.54) is 0 Å². The van der Waals surface area contributed by atoms with Gasteiger partial charge in [0.25, 0.3) is 0 Å². The van der Waals surface area contributed by atoms with Crippen LogP contribution in [0, 0.1) is 13.8 Å². The summed E-state index contributed by atoms with van der Waals surface area (Å²) >= 11 is 0. The van der Waals surface area contributed by atoms with Crippen LogP contribution in [0.1, 0.15) is 30.4 Å². The number of nitrogens with one attached hydrogen (secondary N) is 1. The normalized spacial score (nSPS) is 18.2. The number of para-hydroxylation sites is 1. The number of likely N-dealkylation sites (tertiary alicyclic amines) is 1. The van der Waals surface area contributed by atoms with Crippen molar-refractivity contribution in [3.63, 3.8) is 0 Å². The Balaban J connectivity index is 1.74. The van der Waals surface area contributed by atoms with Crippen molar-refractivity contribution >= 4 is 11.9 Å². The van der Waals surface area contributed by atoms with Crippen molar-refractivity contribution in [1.29, 1.82) is 0 Å². The maximum absolute atomic E-state index is 12.0. The Morgan fingerprint density at radius 2 is 2.00 bits per heavy atom. The standard InChI is InChI=1S/C18H26N2O4/c1-13-6-5-7-14(2)17(13)24-11-9-19-16(21)12-20-10-4-3-8-15(20)18(22)23/h5-7,15H,3-4,8-12H2,1-2H3,(H,19,21)(H,22,23). The third kappa shape index (κ3) is 4.96. The number of carboxylic acids is 1. The second kappa shape index (κ2) is 8.68. The summed E-state index contributed by atoms with van der Waals surface area (Å²) in [5.41, 5.74) is 2.14. The number of carboxylic acid groups (broad SMARTS) is 1. The molecular weight excluding hydrogens is 308 g/mol. The fourth-order valence-corrected chi connectivity index (χ4v) is 3.07. The van der Waals surface area contributed by atoms with Crippen LogP contribution in [-0.2, 0) is 9.59 Å². The van der Waals surface area contributed by atoms with Crippen LogP contribution in [0.5, 0.6) is 5.75 Å². The van der Waals surface area contributed by atoms with Gasteiger partial charge < -0.3 is 15.2 Å². The number of carbonyl (C=O) groups is 2. The number of aryl methyl sites for hydroxylation is 2. The first kappa shape index (κ1) is 18.3. The van der Waals surface area contributed by atoms with Gasteiger partial charge in [-0.3, -0.25) is 14.5 Å². The molecule has 0 radical (unpaired) electrons. The summed E-state index contributed by atoms with van der Waals surface area (Å²) in [4.78, 5) is 25.0. The number of ether oxygens (including phenoxy) is 1. The highest BCUT2D eigenvalue weighted by atomic mass is 16.5. The van der Waals surface area contributed by atoms with Gasteiger partial charge in [0, 0.05) is 0 Å². The molecule has 2 N–H and O–H groups in total. The molecule has 6 nitrogen and oxygen atoms in total. The van der Waals surface area contributed by atoms with E-state index in [2.05, 4.69) is 5.32 Å². The van der Waals surface area contributed by atoms with Crippen LogP contribution >= 0.6 is 0 Å². The highest BCUT2D eigenvalue weighted by molar-refractivity contribution is 5.80. The van der Waals surface area contributed by atoms with Crippen molar-refractivity contribution in [2.45, 2.75) is 39.2 Å². The Labute approximate surface area is 142 Å². The number of benzene rings is 1. The molecule has 1 aliphatic rings. The molecule has 6 heteroatoms. The first-order valence-electron chi connectivity index (χ1n) is 8.41. The highest BCUT2D eigenvalue weighted by Gasteiger charge is 2.29. The van der Waals surface area contributed by atoms with E-state index in [0.29, 0.717) is 26.1 Å². The van der Waals surface area contributed by atoms with Gasteiger partial charge in [-0.2, -0.15) is 0 Å². The monoisotopic (exact) mass is 334 g/mol. The van der Waals surface area contributed by atoms with Gasteiger partial charge >= 0.3 is 5.97 Å². The van der Waals surface area contributed by atoms with Crippen molar-refractivity contribution in [3.8, 4) is 5.75 Å². The zero-order valence-electron chi connectivity index (χ0n) is 14.4. The summed E-state index contributed by atoms with van der Waals surface area (Å²) in [6.07, 6.45) is 2.45. The first-order chi connectivity index (χ1) is 11.5. The third-order valence-corrected chi connectivity index (χ3v) is 4.32. The molecule has 0 saturated carbocycles. The van der Waals surface area contributed by atoms with Gasteiger partial charge in [0.15, 0.2) is 0 Å². The molecule has 1 amide bonds. The molecule has 1 aromatic carbocycles. The van der Waals surface area contributed by atoms with E-state index in [-0.39, 0.29) is 12.5 Å². The molecule has 1 saturated heterocycles. The number of carbonyl (C=O) groups excluding carboxylic acids is 1.